The first-order chi connectivity index (χ1) is 17.8. The molecule has 0 aromatic heterocycles. The Morgan fingerprint density at radius 1 is 1.05 bits per heavy atom. The Balaban J connectivity index is 1.19. The van der Waals surface area contributed by atoms with Crippen LogP contribution in [0.2, 0.25) is 0 Å². The van der Waals surface area contributed by atoms with Gasteiger partial charge in [-0.05, 0) is 111 Å². The molecule has 37 heavy (non-hydrogen) atoms. The average molecular weight is 515 g/mol. The standard InChI is InChI=1S/C33H58N2O2/c1-23(22-35-18-20-37-21-19-35)6-5-7-24(2)27-10-11-28-25-8-9-29-26(14-17-34)31(36)13-16-33(29,4)30(25)12-15-32(27,28)3/h9,23-28,30-31,36H,5-8,10-22,34H2,1-4H3/t23?,24-,25+,26?,27-,28+,30+,31+,32-,33+/m1/s1. The van der Waals surface area contributed by atoms with Crippen molar-refractivity contribution in [2.75, 3.05) is 39.4 Å². The first kappa shape index (κ1) is 28.1. The molecule has 5 rings (SSSR count). The highest BCUT2D eigenvalue weighted by atomic mass is 16.5. The minimum absolute atomic E-state index is 0.179. The molecule has 3 saturated carbocycles. The Bertz CT molecular complexity index is 793. The lowest BCUT2D eigenvalue weighted by atomic mass is 9.45. The second kappa shape index (κ2) is 11.6. The Labute approximate surface area is 228 Å². The largest absolute Gasteiger partial charge is 0.393 e. The van der Waals surface area contributed by atoms with Gasteiger partial charge in [-0.2, -0.15) is 0 Å². The van der Waals surface area contributed by atoms with Crippen LogP contribution in [0, 0.1) is 52.3 Å². The van der Waals surface area contributed by atoms with Crippen molar-refractivity contribution < 1.29 is 9.84 Å². The second-order valence-electron chi connectivity index (χ2n) is 14.6. The second-order valence-corrected chi connectivity index (χ2v) is 14.6. The van der Waals surface area contributed by atoms with E-state index in [2.05, 4.69) is 38.7 Å². The molecule has 0 amide bonds. The minimum Gasteiger partial charge on any atom is -0.393 e. The van der Waals surface area contributed by atoms with Crippen LogP contribution in [0.15, 0.2) is 11.6 Å². The van der Waals surface area contributed by atoms with Crippen LogP contribution in [0.5, 0.6) is 0 Å². The van der Waals surface area contributed by atoms with Gasteiger partial charge in [0.1, 0.15) is 0 Å². The van der Waals surface area contributed by atoms with Gasteiger partial charge in [0.05, 0.1) is 19.3 Å². The van der Waals surface area contributed by atoms with E-state index in [0.29, 0.717) is 23.3 Å². The summed E-state index contributed by atoms with van der Waals surface area (Å²) in [6.07, 6.45) is 16.7. The molecular weight excluding hydrogens is 456 g/mol. The smallest absolute Gasteiger partial charge is 0.0606 e. The molecule has 4 aliphatic carbocycles. The number of nitrogens with zero attached hydrogens (tertiary/aromatic N) is 1. The molecular formula is C33H58N2O2. The van der Waals surface area contributed by atoms with E-state index < -0.39 is 0 Å². The lowest BCUT2D eigenvalue weighted by Crippen LogP contribution is -2.52. The molecule has 212 valence electrons. The van der Waals surface area contributed by atoms with E-state index in [9.17, 15) is 5.11 Å². The number of fused-ring (bicyclic) bond motifs is 5. The number of hydrogen-bond acceptors (Lipinski definition) is 4. The molecule has 0 spiro atoms. The molecule has 4 fully saturated rings. The normalized spacial score (nSPS) is 43.9. The van der Waals surface area contributed by atoms with Crippen molar-refractivity contribution in [2.45, 2.75) is 104 Å². The van der Waals surface area contributed by atoms with Crippen LogP contribution >= 0.6 is 0 Å². The fourth-order valence-electron chi connectivity index (χ4n) is 10.7. The Morgan fingerprint density at radius 3 is 2.59 bits per heavy atom. The first-order valence-electron chi connectivity index (χ1n) is 16.2. The summed E-state index contributed by atoms with van der Waals surface area (Å²) in [5, 5.41) is 10.8. The van der Waals surface area contributed by atoms with Crippen LogP contribution in [0.4, 0.5) is 0 Å². The lowest BCUT2D eigenvalue weighted by molar-refractivity contribution is -0.0663. The molecule has 0 aromatic rings. The number of rotatable bonds is 9. The lowest BCUT2D eigenvalue weighted by Gasteiger charge is -2.59. The van der Waals surface area contributed by atoms with Crippen molar-refractivity contribution in [3.8, 4) is 0 Å². The minimum atomic E-state index is -0.179. The summed E-state index contributed by atoms with van der Waals surface area (Å²) in [4.78, 5) is 2.61. The van der Waals surface area contributed by atoms with Crippen molar-refractivity contribution in [2.24, 2.45) is 58.0 Å². The molecule has 1 saturated heterocycles. The van der Waals surface area contributed by atoms with Gasteiger partial charge in [0, 0.05) is 25.6 Å². The van der Waals surface area contributed by atoms with Crippen LogP contribution in [0.25, 0.3) is 0 Å². The SMILES string of the molecule is CC(CCC[C@@H](C)[C@H]1CC[C@H]2[C@@H]3CC=C4C(CCN)[C@@H](O)CC[C@]4(C)[C@H]3CC[C@]12C)CN1CCOCC1. The third kappa shape index (κ3) is 5.35. The first-order valence-corrected chi connectivity index (χ1v) is 16.2. The van der Waals surface area contributed by atoms with Crippen LogP contribution in [-0.4, -0.2) is 55.5 Å². The van der Waals surface area contributed by atoms with Crippen LogP contribution in [0.3, 0.4) is 0 Å². The fraction of sp³-hybridized carbons (Fsp3) is 0.939. The fourth-order valence-corrected chi connectivity index (χ4v) is 10.7. The van der Waals surface area contributed by atoms with Crippen molar-refractivity contribution in [3.05, 3.63) is 11.6 Å². The molecule has 0 aromatic carbocycles. The summed E-state index contributed by atoms with van der Waals surface area (Å²) in [5.41, 5.74) is 8.42. The van der Waals surface area contributed by atoms with E-state index in [1.54, 1.807) is 5.57 Å². The highest BCUT2D eigenvalue weighted by molar-refractivity contribution is 5.28. The van der Waals surface area contributed by atoms with Gasteiger partial charge < -0.3 is 15.6 Å². The van der Waals surface area contributed by atoms with Crippen molar-refractivity contribution in [1.82, 2.24) is 4.90 Å². The zero-order valence-electron chi connectivity index (χ0n) is 24.6. The van der Waals surface area contributed by atoms with Crippen molar-refractivity contribution in [3.63, 3.8) is 0 Å². The zero-order valence-corrected chi connectivity index (χ0v) is 24.6. The van der Waals surface area contributed by atoms with E-state index in [-0.39, 0.29) is 6.10 Å². The average Bonchev–Trinajstić information content (AvgIpc) is 3.24. The monoisotopic (exact) mass is 514 g/mol. The molecule has 3 N–H and O–H groups in total. The predicted molar refractivity (Wildman–Crippen MR) is 153 cm³/mol. The molecule has 5 aliphatic rings. The van der Waals surface area contributed by atoms with Crippen LogP contribution < -0.4 is 5.73 Å². The summed E-state index contributed by atoms with van der Waals surface area (Å²) in [5.74, 6) is 5.43. The Kier molecular flexibility index (Phi) is 8.81. The van der Waals surface area contributed by atoms with Gasteiger partial charge in [0.25, 0.3) is 0 Å². The van der Waals surface area contributed by atoms with Gasteiger partial charge in [-0.25, -0.2) is 0 Å². The molecule has 10 atom stereocenters. The highest BCUT2D eigenvalue weighted by Gasteiger charge is 2.60. The van der Waals surface area contributed by atoms with Gasteiger partial charge in [-0.15, -0.1) is 0 Å². The van der Waals surface area contributed by atoms with E-state index in [1.165, 1.54) is 64.3 Å². The summed E-state index contributed by atoms with van der Waals surface area (Å²) >= 11 is 0. The topological polar surface area (TPSA) is 58.7 Å². The quantitative estimate of drug-likeness (QED) is 0.356. The van der Waals surface area contributed by atoms with E-state index in [0.717, 1.165) is 74.7 Å². The van der Waals surface area contributed by atoms with Crippen LogP contribution in [0.1, 0.15) is 98.3 Å². The maximum atomic E-state index is 10.8. The number of morpholine rings is 1. The number of aliphatic hydroxyl groups is 1. The molecule has 4 heteroatoms. The number of nitrogens with two attached hydrogens (primary N) is 1. The molecule has 4 nitrogen and oxygen atoms in total. The van der Waals surface area contributed by atoms with Gasteiger partial charge in [-0.1, -0.05) is 52.2 Å². The van der Waals surface area contributed by atoms with Crippen molar-refractivity contribution in [1.29, 1.82) is 0 Å². The molecule has 1 aliphatic heterocycles. The number of hydrogen-bond donors (Lipinski definition) is 2. The third-order valence-electron chi connectivity index (χ3n) is 12.6. The third-order valence-corrected chi connectivity index (χ3v) is 12.6. The van der Waals surface area contributed by atoms with Gasteiger partial charge in [0.15, 0.2) is 0 Å². The number of ether oxygens (including phenoxy) is 1. The summed E-state index contributed by atoms with van der Waals surface area (Å²) < 4.78 is 5.53. The number of aliphatic hydroxyl groups excluding tert-OH is 1. The van der Waals surface area contributed by atoms with Gasteiger partial charge >= 0.3 is 0 Å². The van der Waals surface area contributed by atoms with Gasteiger partial charge in [0.2, 0.25) is 0 Å². The predicted octanol–water partition coefficient (Wildman–Crippen LogP) is 6.28. The maximum absolute atomic E-state index is 10.8. The van der Waals surface area contributed by atoms with Crippen LogP contribution in [-0.2, 0) is 4.74 Å². The summed E-state index contributed by atoms with van der Waals surface area (Å²) in [6.45, 7) is 16.3. The summed E-state index contributed by atoms with van der Waals surface area (Å²) in [6, 6.07) is 0. The molecule has 0 bridgehead atoms. The molecule has 0 radical (unpaired) electrons. The summed E-state index contributed by atoms with van der Waals surface area (Å²) in [7, 11) is 0. The Hall–Kier alpha value is -0.420. The Morgan fingerprint density at radius 2 is 1.84 bits per heavy atom. The van der Waals surface area contributed by atoms with E-state index >= 15 is 0 Å². The maximum Gasteiger partial charge on any atom is 0.0606 e. The van der Waals surface area contributed by atoms with E-state index in [4.69, 9.17) is 10.5 Å². The van der Waals surface area contributed by atoms with Crippen molar-refractivity contribution >= 4 is 0 Å². The molecule has 1 heterocycles. The molecule has 2 unspecified atom stereocenters. The number of allylic oxidation sites excluding steroid dienone is 1. The highest BCUT2D eigenvalue weighted by Crippen LogP contribution is 2.68. The van der Waals surface area contributed by atoms with Gasteiger partial charge in [-0.3, -0.25) is 4.90 Å². The zero-order chi connectivity index (χ0) is 26.2. The van der Waals surface area contributed by atoms with E-state index in [1.807, 2.05) is 0 Å².